The second-order valence-electron chi connectivity index (χ2n) is 2.42. The summed E-state index contributed by atoms with van der Waals surface area (Å²) in [6, 6.07) is 1.30. The van der Waals surface area contributed by atoms with Gasteiger partial charge in [-0.05, 0) is 26.7 Å². The number of rotatable bonds is 0. The van der Waals surface area contributed by atoms with E-state index in [0.717, 1.165) is 0 Å². The van der Waals surface area contributed by atoms with Gasteiger partial charge in [0.25, 0.3) is 0 Å². The molecule has 1 aliphatic heterocycles. The second kappa shape index (κ2) is 1.83. The molecule has 41 valence electrons. The highest BCUT2D eigenvalue weighted by atomic mass is 15.0. The molecule has 0 aromatic carbocycles. The Morgan fingerprint density at radius 3 is 1.71 bits per heavy atom. The van der Waals surface area contributed by atoms with Crippen LogP contribution in [0.1, 0.15) is 26.7 Å². The molecule has 1 radical (unpaired) electrons. The van der Waals surface area contributed by atoms with Crippen molar-refractivity contribution in [2.45, 2.75) is 38.8 Å². The molecule has 1 fully saturated rings. The van der Waals surface area contributed by atoms with Crippen molar-refractivity contribution < 1.29 is 0 Å². The third-order valence-electron chi connectivity index (χ3n) is 1.51. The molecule has 2 atom stereocenters. The average Bonchev–Trinajstić information content (AvgIpc) is 1.87. The molecule has 0 amide bonds. The normalized spacial score (nSPS) is 42.0. The Kier molecular flexibility index (Phi) is 1.33. The lowest BCUT2D eigenvalue weighted by Crippen LogP contribution is -2.15. The second-order valence-corrected chi connectivity index (χ2v) is 2.42. The largest absolute Gasteiger partial charge is 0.236 e. The molecule has 1 heterocycles. The van der Waals surface area contributed by atoms with E-state index in [2.05, 4.69) is 19.2 Å². The van der Waals surface area contributed by atoms with Crippen LogP contribution in [0.2, 0.25) is 0 Å². The topological polar surface area (TPSA) is 14.1 Å². The zero-order chi connectivity index (χ0) is 5.28. The van der Waals surface area contributed by atoms with Gasteiger partial charge in [-0.25, -0.2) is 5.32 Å². The maximum Gasteiger partial charge on any atom is 0.0221 e. The van der Waals surface area contributed by atoms with E-state index in [1.165, 1.54) is 12.8 Å². The summed E-state index contributed by atoms with van der Waals surface area (Å²) in [6.45, 7) is 4.37. The molecule has 1 saturated heterocycles. The van der Waals surface area contributed by atoms with Crippen LogP contribution in [0.3, 0.4) is 0 Å². The Morgan fingerprint density at radius 2 is 1.57 bits per heavy atom. The van der Waals surface area contributed by atoms with Crippen LogP contribution in [-0.4, -0.2) is 12.1 Å². The average molecular weight is 98.2 g/mol. The third kappa shape index (κ3) is 1.16. The van der Waals surface area contributed by atoms with Gasteiger partial charge in [-0.15, -0.1) is 0 Å². The van der Waals surface area contributed by atoms with Gasteiger partial charge in [0.05, 0.1) is 0 Å². The van der Waals surface area contributed by atoms with Crippen molar-refractivity contribution in [2.24, 2.45) is 0 Å². The molecule has 0 unspecified atom stereocenters. The summed E-state index contributed by atoms with van der Waals surface area (Å²) in [6.07, 6.45) is 2.61. The van der Waals surface area contributed by atoms with Gasteiger partial charge in [0.2, 0.25) is 0 Å². The number of hydrogen-bond acceptors (Lipinski definition) is 0. The van der Waals surface area contributed by atoms with E-state index in [-0.39, 0.29) is 0 Å². The lowest BCUT2D eigenvalue weighted by atomic mass is 10.2. The monoisotopic (exact) mass is 98.1 g/mol. The Hall–Kier alpha value is -0.0400. The highest BCUT2D eigenvalue weighted by molar-refractivity contribution is 4.75. The Bertz CT molecular complexity index is 53.2. The van der Waals surface area contributed by atoms with Crippen molar-refractivity contribution in [2.75, 3.05) is 0 Å². The highest BCUT2D eigenvalue weighted by Gasteiger charge is 2.16. The summed E-state index contributed by atoms with van der Waals surface area (Å²) in [5, 5.41) is 4.39. The molecule has 1 nitrogen and oxygen atoms in total. The summed E-state index contributed by atoms with van der Waals surface area (Å²) in [5.74, 6) is 0. The van der Waals surface area contributed by atoms with Crippen LogP contribution < -0.4 is 5.32 Å². The van der Waals surface area contributed by atoms with E-state index in [9.17, 15) is 0 Å². The van der Waals surface area contributed by atoms with Crippen LogP contribution in [0.25, 0.3) is 0 Å². The molecule has 1 heteroatoms. The molecule has 0 saturated carbocycles. The first-order valence-corrected chi connectivity index (χ1v) is 2.99. The van der Waals surface area contributed by atoms with Gasteiger partial charge in [0.15, 0.2) is 0 Å². The summed E-state index contributed by atoms with van der Waals surface area (Å²) < 4.78 is 0. The Labute approximate surface area is 45.1 Å². The molecular weight excluding hydrogens is 86.1 g/mol. The zero-order valence-corrected chi connectivity index (χ0v) is 5.02. The van der Waals surface area contributed by atoms with Crippen LogP contribution in [0, 0.1) is 0 Å². The van der Waals surface area contributed by atoms with Crippen LogP contribution in [-0.2, 0) is 0 Å². The molecule has 7 heavy (non-hydrogen) atoms. The quantitative estimate of drug-likeness (QED) is 0.431. The van der Waals surface area contributed by atoms with Crippen molar-refractivity contribution in [3.8, 4) is 0 Å². The first-order chi connectivity index (χ1) is 3.29. The molecule has 0 aromatic heterocycles. The predicted molar refractivity (Wildman–Crippen MR) is 30.3 cm³/mol. The van der Waals surface area contributed by atoms with Crippen molar-refractivity contribution in [3.63, 3.8) is 0 Å². The molecular formula is C6H12N. The van der Waals surface area contributed by atoms with Gasteiger partial charge in [-0.1, -0.05) is 0 Å². The fourth-order valence-corrected chi connectivity index (χ4v) is 1.07. The SMILES string of the molecule is C[C@H]1CC[C@H](C)[N]1. The Balaban J connectivity index is 2.26. The van der Waals surface area contributed by atoms with E-state index in [0.29, 0.717) is 12.1 Å². The van der Waals surface area contributed by atoms with Crippen molar-refractivity contribution in [1.29, 1.82) is 0 Å². The van der Waals surface area contributed by atoms with E-state index in [1.807, 2.05) is 0 Å². The van der Waals surface area contributed by atoms with Crippen molar-refractivity contribution in [1.82, 2.24) is 5.32 Å². The third-order valence-corrected chi connectivity index (χ3v) is 1.51. The summed E-state index contributed by atoms with van der Waals surface area (Å²) in [5.41, 5.74) is 0. The summed E-state index contributed by atoms with van der Waals surface area (Å²) in [4.78, 5) is 0. The molecule has 0 aliphatic carbocycles. The van der Waals surface area contributed by atoms with Gasteiger partial charge >= 0.3 is 0 Å². The maximum absolute atomic E-state index is 4.39. The maximum atomic E-state index is 4.39. The zero-order valence-electron chi connectivity index (χ0n) is 5.02. The van der Waals surface area contributed by atoms with Gasteiger partial charge in [0.1, 0.15) is 0 Å². The van der Waals surface area contributed by atoms with Gasteiger partial charge in [-0.2, -0.15) is 0 Å². The molecule has 0 bridgehead atoms. The predicted octanol–water partition coefficient (Wildman–Crippen LogP) is 1.16. The smallest absolute Gasteiger partial charge is 0.0221 e. The first-order valence-electron chi connectivity index (χ1n) is 2.99. The van der Waals surface area contributed by atoms with Crippen LogP contribution in [0.15, 0.2) is 0 Å². The van der Waals surface area contributed by atoms with Crippen LogP contribution >= 0.6 is 0 Å². The number of hydrogen-bond donors (Lipinski definition) is 0. The lowest BCUT2D eigenvalue weighted by molar-refractivity contribution is 0.582. The highest BCUT2D eigenvalue weighted by Crippen LogP contribution is 2.11. The minimum atomic E-state index is 0.648. The fraction of sp³-hybridized carbons (Fsp3) is 1.00. The summed E-state index contributed by atoms with van der Waals surface area (Å²) >= 11 is 0. The van der Waals surface area contributed by atoms with E-state index in [4.69, 9.17) is 0 Å². The van der Waals surface area contributed by atoms with Crippen molar-refractivity contribution >= 4 is 0 Å². The van der Waals surface area contributed by atoms with E-state index in [1.54, 1.807) is 0 Å². The van der Waals surface area contributed by atoms with E-state index >= 15 is 0 Å². The first kappa shape index (κ1) is 5.10. The van der Waals surface area contributed by atoms with Crippen molar-refractivity contribution in [3.05, 3.63) is 0 Å². The molecule has 1 aliphatic rings. The molecule has 0 N–H and O–H groups in total. The van der Waals surface area contributed by atoms with Gasteiger partial charge < -0.3 is 0 Å². The molecule has 0 spiro atoms. The molecule has 1 rings (SSSR count). The van der Waals surface area contributed by atoms with Gasteiger partial charge in [-0.3, -0.25) is 0 Å². The number of nitrogens with zero attached hydrogens (tertiary/aromatic N) is 1. The van der Waals surface area contributed by atoms with Crippen LogP contribution in [0.5, 0.6) is 0 Å². The standard InChI is InChI=1S/C6H12N/c1-5-3-4-6(2)7-5/h5-6H,3-4H2,1-2H3/t5-,6-/m0/s1. The lowest BCUT2D eigenvalue weighted by Gasteiger charge is -1.98. The van der Waals surface area contributed by atoms with Gasteiger partial charge in [0, 0.05) is 12.1 Å². The summed E-state index contributed by atoms with van der Waals surface area (Å²) in [7, 11) is 0. The molecule has 0 aromatic rings. The minimum Gasteiger partial charge on any atom is -0.236 e. The Morgan fingerprint density at radius 1 is 1.14 bits per heavy atom. The minimum absolute atomic E-state index is 0.648. The van der Waals surface area contributed by atoms with Crippen LogP contribution in [0.4, 0.5) is 0 Å². The fourth-order valence-electron chi connectivity index (χ4n) is 1.07. The van der Waals surface area contributed by atoms with E-state index < -0.39 is 0 Å².